The molecule has 6 heterocycles. The van der Waals surface area contributed by atoms with Crippen LogP contribution >= 0.6 is 22.7 Å². The summed E-state index contributed by atoms with van der Waals surface area (Å²) in [5.41, 5.74) is 13.4. The number of nitrogens with one attached hydrogen (secondary N) is 2. The summed E-state index contributed by atoms with van der Waals surface area (Å²) >= 11 is 3.39. The van der Waals surface area contributed by atoms with Gasteiger partial charge in [0.05, 0.1) is 29.2 Å². The largest absolute Gasteiger partial charge is 0.353 e. The second-order valence-electron chi connectivity index (χ2n) is 9.90. The highest BCUT2D eigenvalue weighted by Crippen LogP contribution is 2.39. The zero-order chi connectivity index (χ0) is 28.8. The molecule has 10 heteroatoms. The Balaban J connectivity index is 0.000000136. The smallest absolute Gasteiger partial charge is 0.255 e. The lowest BCUT2D eigenvalue weighted by atomic mass is 9.93. The van der Waals surface area contributed by atoms with E-state index in [2.05, 4.69) is 49.9 Å². The van der Waals surface area contributed by atoms with Crippen LogP contribution in [0.3, 0.4) is 0 Å². The highest BCUT2D eigenvalue weighted by molar-refractivity contribution is 7.08. The second kappa shape index (κ2) is 13.0. The lowest BCUT2D eigenvalue weighted by Crippen LogP contribution is -2.48. The third-order valence-electron chi connectivity index (χ3n) is 7.53. The maximum atomic E-state index is 12.3. The summed E-state index contributed by atoms with van der Waals surface area (Å²) in [6.07, 6.45) is 3.16. The third-order valence-corrected chi connectivity index (χ3v) is 8.86. The van der Waals surface area contributed by atoms with Crippen molar-refractivity contribution in [3.05, 3.63) is 104 Å². The average Bonchev–Trinajstić information content (AvgIpc) is 3.78. The first kappa shape index (κ1) is 28.4. The molecule has 2 atom stereocenters. The van der Waals surface area contributed by atoms with E-state index in [0.29, 0.717) is 6.67 Å². The fourth-order valence-corrected chi connectivity index (χ4v) is 6.84. The molecule has 2 aromatic heterocycles. The number of aryl methyl sites for hydroxylation is 1. The molecule has 2 aromatic carbocycles. The number of rotatable bonds is 1. The molecule has 0 unspecified atom stereocenters. The van der Waals surface area contributed by atoms with E-state index in [4.69, 9.17) is 11.0 Å². The van der Waals surface area contributed by atoms with E-state index in [1.807, 2.05) is 53.2 Å². The van der Waals surface area contributed by atoms with Gasteiger partial charge >= 0.3 is 0 Å². The summed E-state index contributed by atoms with van der Waals surface area (Å²) in [6, 6.07) is 18.1. The molecule has 4 N–H and O–H groups in total. The van der Waals surface area contributed by atoms with Gasteiger partial charge in [-0.2, -0.15) is 22.7 Å². The van der Waals surface area contributed by atoms with E-state index in [1.54, 1.807) is 22.7 Å². The van der Waals surface area contributed by atoms with E-state index in [-0.39, 0.29) is 24.0 Å². The third kappa shape index (κ3) is 5.84. The average molecular weight is 585 g/mol. The molecule has 0 radical (unpaired) electrons. The van der Waals surface area contributed by atoms with Crippen LogP contribution in [0, 0.1) is 11.8 Å². The lowest BCUT2D eigenvalue weighted by Gasteiger charge is -2.42. The summed E-state index contributed by atoms with van der Waals surface area (Å²) in [7, 11) is 0. The van der Waals surface area contributed by atoms with Crippen LogP contribution in [0.15, 0.2) is 76.1 Å². The fraction of sp³-hybridized carbons (Fsp3) is 0.258. The van der Waals surface area contributed by atoms with Crippen LogP contribution in [0.4, 0.5) is 11.4 Å². The monoisotopic (exact) mass is 584 g/mol. The van der Waals surface area contributed by atoms with Gasteiger partial charge in [0.25, 0.3) is 11.8 Å². The minimum absolute atomic E-state index is 0.00676. The number of hydrogen-bond acceptors (Lipinski definition) is 8. The highest BCUT2D eigenvalue weighted by atomic mass is 32.1. The van der Waals surface area contributed by atoms with Crippen LogP contribution in [-0.4, -0.2) is 31.6 Å². The minimum atomic E-state index is -0.00676. The quantitative estimate of drug-likeness (QED) is 0.275. The molecule has 8 rings (SSSR count). The molecule has 0 spiro atoms. The van der Waals surface area contributed by atoms with Gasteiger partial charge in [-0.15, -0.1) is 0 Å². The number of benzene rings is 2. The predicted molar refractivity (Wildman–Crippen MR) is 165 cm³/mol. The molecule has 4 aliphatic rings. The van der Waals surface area contributed by atoms with Gasteiger partial charge in [0.2, 0.25) is 0 Å². The zero-order valence-electron chi connectivity index (χ0n) is 22.5. The topological polar surface area (TPSA) is 114 Å². The summed E-state index contributed by atoms with van der Waals surface area (Å²) in [4.78, 5) is 28.5. The first-order valence-electron chi connectivity index (χ1n) is 13.5. The van der Waals surface area contributed by atoms with E-state index in [0.717, 1.165) is 60.4 Å². The molecular weight excluding hydrogens is 553 g/mol. The zero-order valence-corrected chi connectivity index (χ0v) is 24.2. The normalized spacial score (nSPS) is 19.3. The van der Waals surface area contributed by atoms with Crippen LogP contribution in [0.1, 0.15) is 62.5 Å². The van der Waals surface area contributed by atoms with Crippen LogP contribution in [0.2, 0.25) is 0 Å². The van der Waals surface area contributed by atoms with Gasteiger partial charge in [-0.25, -0.2) is 5.26 Å². The molecule has 0 saturated carbocycles. The predicted octanol–water partition coefficient (Wildman–Crippen LogP) is 5.43. The number of carbonyl (C=O) groups is 2. The lowest BCUT2D eigenvalue weighted by molar-refractivity contribution is 0.0922. The SMILES string of the molecule is C#N.N[C@H]1CCN2CNC(=O)c3cccc1c32.O=C1N[C@H](c2ccsc2)N2CCCc3cccc1c32.c1ccsc1. The van der Waals surface area contributed by atoms with Gasteiger partial charge in [0.1, 0.15) is 6.17 Å². The van der Waals surface area contributed by atoms with Crippen molar-refractivity contribution in [2.24, 2.45) is 5.73 Å². The molecule has 41 heavy (non-hydrogen) atoms. The number of carbonyl (C=O) groups excluding carboxylic acids is 2. The maximum absolute atomic E-state index is 12.3. The van der Waals surface area contributed by atoms with Crippen LogP contribution < -0.4 is 26.2 Å². The number of nitrogens with two attached hydrogens (primary N) is 1. The molecule has 2 amide bonds. The number of thiophene rings is 2. The fourth-order valence-electron chi connectivity index (χ4n) is 5.71. The number of anilines is 2. The molecule has 8 nitrogen and oxygen atoms in total. The molecule has 0 saturated heterocycles. The molecule has 4 aliphatic heterocycles. The van der Waals surface area contributed by atoms with E-state index in [9.17, 15) is 9.59 Å². The van der Waals surface area contributed by atoms with Crippen molar-refractivity contribution >= 4 is 45.9 Å². The van der Waals surface area contributed by atoms with Crippen molar-refractivity contribution < 1.29 is 9.59 Å². The molecular formula is C31H32N6O2S2. The molecule has 210 valence electrons. The van der Waals surface area contributed by atoms with Crippen LogP contribution in [-0.2, 0) is 6.42 Å². The van der Waals surface area contributed by atoms with Crippen molar-refractivity contribution in [1.29, 1.82) is 5.26 Å². The Bertz CT molecular complexity index is 1490. The first-order valence-corrected chi connectivity index (χ1v) is 15.4. The van der Waals surface area contributed by atoms with E-state index >= 15 is 0 Å². The number of hydrogen-bond donors (Lipinski definition) is 3. The van der Waals surface area contributed by atoms with Crippen molar-refractivity contribution in [3.63, 3.8) is 0 Å². The van der Waals surface area contributed by atoms with Crippen LogP contribution in [0.5, 0.6) is 0 Å². The Morgan fingerprint density at radius 3 is 2.34 bits per heavy atom. The van der Waals surface area contributed by atoms with Crippen molar-refractivity contribution in [2.75, 3.05) is 29.6 Å². The van der Waals surface area contributed by atoms with Crippen molar-refractivity contribution in [1.82, 2.24) is 10.6 Å². The number of amides is 2. The first-order chi connectivity index (χ1) is 20.1. The molecule has 0 bridgehead atoms. The Morgan fingerprint density at radius 1 is 0.878 bits per heavy atom. The van der Waals surface area contributed by atoms with Gasteiger partial charge < -0.3 is 26.2 Å². The Labute approximate surface area is 248 Å². The van der Waals surface area contributed by atoms with Gasteiger partial charge in [0.15, 0.2) is 0 Å². The van der Waals surface area contributed by atoms with Gasteiger partial charge in [-0.1, -0.05) is 36.4 Å². The number of nitriles is 1. The van der Waals surface area contributed by atoms with E-state index in [1.165, 1.54) is 11.1 Å². The number of nitrogens with zero attached hydrogens (tertiary/aromatic N) is 3. The van der Waals surface area contributed by atoms with Gasteiger partial charge in [-0.05, 0) is 70.1 Å². The van der Waals surface area contributed by atoms with Gasteiger partial charge in [-0.3, -0.25) is 9.59 Å². The second-order valence-corrected chi connectivity index (χ2v) is 11.5. The minimum Gasteiger partial charge on any atom is -0.353 e. The van der Waals surface area contributed by atoms with Crippen LogP contribution in [0.25, 0.3) is 0 Å². The summed E-state index contributed by atoms with van der Waals surface area (Å²) in [5, 5.41) is 20.8. The molecule has 0 aliphatic carbocycles. The van der Waals surface area contributed by atoms with Gasteiger partial charge in [0, 0.05) is 31.3 Å². The summed E-state index contributed by atoms with van der Waals surface area (Å²) in [6.45, 7) is 6.03. The van der Waals surface area contributed by atoms with Crippen molar-refractivity contribution in [3.8, 4) is 6.57 Å². The summed E-state index contributed by atoms with van der Waals surface area (Å²) < 4.78 is 0. The molecule has 4 aromatic rings. The highest BCUT2D eigenvalue weighted by Gasteiger charge is 2.35. The standard InChI is InChI=1S/C15H14N2OS.C11H13N3O.C4H4S.CHN/c18-15-12-5-1-3-10-4-2-7-17(13(10)12)14(16-15)11-6-8-19-9-11;12-9-4-5-14-6-13-11(15)8-3-1-2-7(9)10(8)14;1-2-4-5-3-1;1-2/h1,3,5-6,8-9,14H,2,4,7H2,(H,16,18);1-3,9H,4-6,12H2,(H,13,15);1-4H;1H/t14-;9-;;/m00../s1. The molecule has 0 fully saturated rings. The van der Waals surface area contributed by atoms with Crippen molar-refractivity contribution in [2.45, 2.75) is 31.5 Å². The number of para-hydroxylation sites is 2. The Kier molecular flexibility index (Phi) is 8.99. The maximum Gasteiger partial charge on any atom is 0.255 e. The van der Waals surface area contributed by atoms with E-state index < -0.39 is 0 Å². The Morgan fingerprint density at radius 2 is 1.63 bits per heavy atom. The Hall–Kier alpha value is -4.17. The summed E-state index contributed by atoms with van der Waals surface area (Å²) in [5.74, 6) is 0.0587.